The van der Waals surface area contributed by atoms with E-state index in [-0.39, 0.29) is 23.3 Å². The van der Waals surface area contributed by atoms with E-state index in [0.717, 1.165) is 0 Å². The largest absolute Gasteiger partial charge is 0.497 e. The van der Waals surface area contributed by atoms with Gasteiger partial charge in [0, 0.05) is 17.1 Å². The van der Waals surface area contributed by atoms with E-state index in [1.165, 1.54) is 13.2 Å². The first-order chi connectivity index (χ1) is 8.36. The highest BCUT2D eigenvalue weighted by atomic mass is 79.9. The van der Waals surface area contributed by atoms with E-state index in [4.69, 9.17) is 10.5 Å². The molecule has 1 aromatic carbocycles. The molecule has 0 spiro atoms. The third-order valence-electron chi connectivity index (χ3n) is 2.32. The minimum absolute atomic E-state index is 0. The van der Waals surface area contributed by atoms with Gasteiger partial charge in [-0.1, -0.05) is 0 Å². The summed E-state index contributed by atoms with van der Waals surface area (Å²) < 4.78 is 32.0. The van der Waals surface area contributed by atoms with Gasteiger partial charge in [-0.25, -0.2) is 13.1 Å². The highest BCUT2D eigenvalue weighted by molar-refractivity contribution is 9.10. The average molecular weight is 374 g/mol. The molecule has 0 aliphatic heterocycles. The molecule has 5 nitrogen and oxygen atoms in total. The molecule has 0 saturated heterocycles. The summed E-state index contributed by atoms with van der Waals surface area (Å²) in [4.78, 5) is 0.188. The summed E-state index contributed by atoms with van der Waals surface area (Å²) in [7, 11) is -1.99. The highest BCUT2D eigenvalue weighted by Gasteiger charge is 2.17. The van der Waals surface area contributed by atoms with Gasteiger partial charge in [-0.15, -0.1) is 12.4 Å². The number of ether oxygens (including phenoxy) is 1. The van der Waals surface area contributed by atoms with Gasteiger partial charge in [-0.2, -0.15) is 0 Å². The number of sulfonamides is 1. The van der Waals surface area contributed by atoms with Gasteiger partial charge in [0.15, 0.2) is 0 Å². The van der Waals surface area contributed by atoms with E-state index in [0.29, 0.717) is 23.2 Å². The first-order valence-corrected chi connectivity index (χ1v) is 7.73. The quantitative estimate of drug-likeness (QED) is 0.798. The Bertz CT molecular complexity index is 509. The van der Waals surface area contributed by atoms with Gasteiger partial charge in [0.05, 0.1) is 12.0 Å². The van der Waals surface area contributed by atoms with Crippen molar-refractivity contribution in [3.8, 4) is 5.75 Å². The third kappa shape index (κ3) is 5.66. The van der Waals surface area contributed by atoms with Crippen LogP contribution in [0.5, 0.6) is 5.75 Å². The van der Waals surface area contributed by atoms with Crippen molar-refractivity contribution in [1.29, 1.82) is 0 Å². The molecule has 0 saturated carbocycles. The Hall–Kier alpha value is -0.340. The van der Waals surface area contributed by atoms with Crippen LogP contribution >= 0.6 is 28.3 Å². The fourth-order valence-electron chi connectivity index (χ4n) is 1.33. The number of benzene rings is 1. The molecule has 19 heavy (non-hydrogen) atoms. The van der Waals surface area contributed by atoms with Crippen molar-refractivity contribution >= 4 is 38.4 Å². The Morgan fingerprint density at radius 2 is 2.11 bits per heavy atom. The molecule has 0 amide bonds. The van der Waals surface area contributed by atoms with Gasteiger partial charge in [0.2, 0.25) is 10.0 Å². The van der Waals surface area contributed by atoms with Crippen LogP contribution in [0.4, 0.5) is 0 Å². The van der Waals surface area contributed by atoms with E-state index in [9.17, 15) is 8.42 Å². The molecule has 0 aliphatic carbocycles. The number of nitrogens with two attached hydrogens (primary N) is 1. The van der Waals surface area contributed by atoms with Crippen LogP contribution < -0.4 is 15.2 Å². The van der Waals surface area contributed by atoms with Crippen LogP contribution in [0.1, 0.15) is 13.3 Å². The maximum atomic E-state index is 12.0. The van der Waals surface area contributed by atoms with E-state index in [1.54, 1.807) is 12.1 Å². The van der Waals surface area contributed by atoms with Gasteiger partial charge in [0.25, 0.3) is 0 Å². The van der Waals surface area contributed by atoms with Crippen molar-refractivity contribution in [2.24, 2.45) is 5.73 Å². The van der Waals surface area contributed by atoms with Crippen LogP contribution in [0.2, 0.25) is 0 Å². The predicted molar refractivity (Wildman–Crippen MR) is 81.4 cm³/mol. The van der Waals surface area contributed by atoms with E-state index in [2.05, 4.69) is 20.7 Å². The molecule has 0 aromatic heterocycles. The minimum atomic E-state index is -3.52. The Labute approximate surface area is 128 Å². The van der Waals surface area contributed by atoms with E-state index >= 15 is 0 Å². The van der Waals surface area contributed by atoms with Crippen LogP contribution in [0, 0.1) is 0 Å². The maximum Gasteiger partial charge on any atom is 0.241 e. The molecular weight excluding hydrogens is 356 g/mol. The first kappa shape index (κ1) is 18.7. The number of halogens is 2. The summed E-state index contributed by atoms with van der Waals surface area (Å²) in [6.45, 7) is 2.15. The summed E-state index contributed by atoms with van der Waals surface area (Å²) in [5, 5.41) is 0. The maximum absolute atomic E-state index is 12.0. The minimum Gasteiger partial charge on any atom is -0.497 e. The average Bonchev–Trinajstić information content (AvgIpc) is 2.27. The second-order valence-corrected chi connectivity index (χ2v) is 6.55. The summed E-state index contributed by atoms with van der Waals surface area (Å²) in [6, 6.07) is 4.68. The lowest BCUT2D eigenvalue weighted by atomic mass is 10.3. The summed E-state index contributed by atoms with van der Waals surface area (Å²) in [6.07, 6.45) is 0.590. The van der Waals surface area contributed by atoms with Crippen LogP contribution in [0.15, 0.2) is 27.6 Å². The van der Waals surface area contributed by atoms with Gasteiger partial charge in [-0.05, 0) is 47.5 Å². The van der Waals surface area contributed by atoms with E-state index in [1.807, 2.05) is 6.92 Å². The van der Waals surface area contributed by atoms with Crippen molar-refractivity contribution in [2.75, 3.05) is 13.7 Å². The SMILES string of the molecule is COc1ccc(S(=O)(=O)NCCC(C)N)c(Br)c1.Cl. The van der Waals surface area contributed by atoms with Crippen LogP contribution in [-0.4, -0.2) is 28.1 Å². The number of hydrogen-bond donors (Lipinski definition) is 2. The fourth-order valence-corrected chi connectivity index (χ4v) is 3.43. The van der Waals surface area contributed by atoms with Crippen LogP contribution in [-0.2, 0) is 10.0 Å². The molecule has 0 radical (unpaired) electrons. The number of methoxy groups -OCH3 is 1. The lowest BCUT2D eigenvalue weighted by Gasteiger charge is -2.10. The second kappa shape index (κ2) is 8.06. The van der Waals surface area contributed by atoms with Crippen LogP contribution in [0.3, 0.4) is 0 Å². The predicted octanol–water partition coefficient (Wildman–Crippen LogP) is 1.90. The molecule has 1 rings (SSSR count). The van der Waals surface area contributed by atoms with Crippen molar-refractivity contribution < 1.29 is 13.2 Å². The summed E-state index contributed by atoms with van der Waals surface area (Å²) in [5.74, 6) is 0.594. The normalized spacial score (nSPS) is 12.6. The zero-order valence-electron chi connectivity index (χ0n) is 10.7. The third-order valence-corrected chi connectivity index (χ3v) is 4.76. The molecule has 0 aliphatic rings. The van der Waals surface area contributed by atoms with E-state index < -0.39 is 10.0 Å². The Kier molecular flexibility index (Phi) is 7.92. The summed E-state index contributed by atoms with van der Waals surface area (Å²) in [5.41, 5.74) is 5.57. The van der Waals surface area contributed by atoms with Crippen molar-refractivity contribution in [1.82, 2.24) is 4.72 Å². The fraction of sp³-hybridized carbons (Fsp3) is 0.455. The number of rotatable bonds is 6. The molecular formula is C11H18BrClN2O3S. The topological polar surface area (TPSA) is 81.4 Å². The van der Waals surface area contributed by atoms with Gasteiger partial charge in [0.1, 0.15) is 5.75 Å². The Morgan fingerprint density at radius 3 is 2.58 bits per heavy atom. The zero-order valence-corrected chi connectivity index (χ0v) is 13.9. The molecule has 110 valence electrons. The Balaban J connectivity index is 0.00000324. The number of hydrogen-bond acceptors (Lipinski definition) is 4. The first-order valence-electron chi connectivity index (χ1n) is 5.45. The standard InChI is InChI=1S/C11H17BrN2O3S.ClH/c1-8(13)5-6-14-18(15,16)11-4-3-9(17-2)7-10(11)12;/h3-4,7-8,14H,5-6,13H2,1-2H3;1H. The second-order valence-electron chi connectivity index (χ2n) is 3.96. The van der Waals surface area contributed by atoms with Gasteiger partial charge >= 0.3 is 0 Å². The molecule has 8 heteroatoms. The smallest absolute Gasteiger partial charge is 0.241 e. The molecule has 3 N–H and O–H groups in total. The number of nitrogens with one attached hydrogen (secondary N) is 1. The zero-order chi connectivity index (χ0) is 13.8. The monoisotopic (exact) mass is 372 g/mol. The summed E-state index contributed by atoms with van der Waals surface area (Å²) >= 11 is 3.22. The molecule has 0 bridgehead atoms. The molecule has 1 aromatic rings. The lowest BCUT2D eigenvalue weighted by Crippen LogP contribution is -2.29. The molecule has 0 heterocycles. The van der Waals surface area contributed by atoms with Crippen molar-refractivity contribution in [3.05, 3.63) is 22.7 Å². The molecule has 1 unspecified atom stereocenters. The van der Waals surface area contributed by atoms with Gasteiger partial charge < -0.3 is 10.5 Å². The Morgan fingerprint density at radius 1 is 1.47 bits per heavy atom. The van der Waals surface area contributed by atoms with Crippen LogP contribution in [0.25, 0.3) is 0 Å². The van der Waals surface area contributed by atoms with Crippen molar-refractivity contribution in [2.45, 2.75) is 24.3 Å². The highest BCUT2D eigenvalue weighted by Crippen LogP contribution is 2.26. The van der Waals surface area contributed by atoms with Crippen molar-refractivity contribution in [3.63, 3.8) is 0 Å². The lowest BCUT2D eigenvalue weighted by molar-refractivity contribution is 0.414. The molecule has 1 atom stereocenters. The van der Waals surface area contributed by atoms with Gasteiger partial charge in [-0.3, -0.25) is 0 Å². The molecule has 0 fully saturated rings.